The molecule has 0 amide bonds. The SMILES string of the molecule is Cc1cc(S)c(S)cc1C. The van der Waals surface area contributed by atoms with E-state index in [2.05, 4.69) is 39.1 Å². The molecule has 0 saturated heterocycles. The smallest absolute Gasteiger partial charge is 0.0177 e. The van der Waals surface area contributed by atoms with Crippen molar-refractivity contribution in [1.82, 2.24) is 0 Å². The average molecular weight is 170 g/mol. The zero-order valence-corrected chi connectivity index (χ0v) is 7.84. The minimum Gasteiger partial charge on any atom is -0.142 e. The number of hydrogen-bond acceptors (Lipinski definition) is 2. The molecule has 0 heterocycles. The maximum Gasteiger partial charge on any atom is 0.0177 e. The maximum absolute atomic E-state index is 4.24. The monoisotopic (exact) mass is 170 g/mol. The van der Waals surface area contributed by atoms with Gasteiger partial charge in [0.15, 0.2) is 0 Å². The van der Waals surface area contributed by atoms with E-state index in [0.717, 1.165) is 9.79 Å². The number of rotatable bonds is 0. The summed E-state index contributed by atoms with van der Waals surface area (Å²) in [6.45, 7) is 4.14. The summed E-state index contributed by atoms with van der Waals surface area (Å²) in [6, 6.07) is 4.06. The van der Waals surface area contributed by atoms with Crippen LogP contribution >= 0.6 is 25.3 Å². The van der Waals surface area contributed by atoms with Gasteiger partial charge in [-0.15, -0.1) is 25.3 Å². The molecular formula is C8H10S2. The average Bonchev–Trinajstić information content (AvgIpc) is 1.84. The minimum atomic E-state index is 0.950. The van der Waals surface area contributed by atoms with E-state index in [0.29, 0.717) is 0 Å². The van der Waals surface area contributed by atoms with Gasteiger partial charge in [0, 0.05) is 9.79 Å². The zero-order chi connectivity index (χ0) is 7.72. The van der Waals surface area contributed by atoms with E-state index < -0.39 is 0 Å². The number of benzene rings is 1. The molecule has 0 fully saturated rings. The van der Waals surface area contributed by atoms with Crippen LogP contribution in [0.3, 0.4) is 0 Å². The van der Waals surface area contributed by atoms with Gasteiger partial charge in [0.1, 0.15) is 0 Å². The second-order valence-electron chi connectivity index (χ2n) is 2.43. The Labute approximate surface area is 72.5 Å². The Kier molecular flexibility index (Phi) is 2.32. The standard InChI is InChI=1S/C8H10S2/c1-5-3-7(9)8(10)4-6(5)2/h3-4,9-10H,1-2H3. The van der Waals surface area contributed by atoms with Gasteiger partial charge in [0.05, 0.1) is 0 Å². The van der Waals surface area contributed by atoms with Crippen molar-refractivity contribution in [2.24, 2.45) is 0 Å². The van der Waals surface area contributed by atoms with Gasteiger partial charge in [-0.1, -0.05) is 0 Å². The molecule has 1 rings (SSSR count). The van der Waals surface area contributed by atoms with Crippen LogP contribution < -0.4 is 0 Å². The molecule has 54 valence electrons. The Morgan fingerprint density at radius 2 is 1.20 bits per heavy atom. The van der Waals surface area contributed by atoms with Crippen LogP contribution in [0.25, 0.3) is 0 Å². The summed E-state index contributed by atoms with van der Waals surface area (Å²) in [5.41, 5.74) is 2.53. The highest BCUT2D eigenvalue weighted by atomic mass is 32.1. The highest BCUT2D eigenvalue weighted by molar-refractivity contribution is 7.83. The summed E-state index contributed by atoms with van der Waals surface area (Å²) in [4.78, 5) is 1.90. The fraction of sp³-hybridized carbons (Fsp3) is 0.250. The molecule has 0 atom stereocenters. The maximum atomic E-state index is 4.24. The van der Waals surface area contributed by atoms with E-state index in [9.17, 15) is 0 Å². The van der Waals surface area contributed by atoms with Crippen LogP contribution in [0.4, 0.5) is 0 Å². The van der Waals surface area contributed by atoms with Crippen molar-refractivity contribution in [3.8, 4) is 0 Å². The molecule has 0 N–H and O–H groups in total. The van der Waals surface area contributed by atoms with Gasteiger partial charge in [-0.25, -0.2) is 0 Å². The summed E-state index contributed by atoms with van der Waals surface area (Å²) in [6.07, 6.45) is 0. The molecule has 0 radical (unpaired) electrons. The topological polar surface area (TPSA) is 0 Å². The van der Waals surface area contributed by atoms with Crippen LogP contribution in [0.1, 0.15) is 11.1 Å². The third-order valence-corrected chi connectivity index (χ3v) is 2.51. The van der Waals surface area contributed by atoms with Crippen LogP contribution in [-0.2, 0) is 0 Å². The summed E-state index contributed by atoms with van der Waals surface area (Å²) < 4.78 is 0. The van der Waals surface area contributed by atoms with Crippen molar-refractivity contribution in [3.05, 3.63) is 23.3 Å². The van der Waals surface area contributed by atoms with E-state index in [-0.39, 0.29) is 0 Å². The molecule has 0 spiro atoms. The molecule has 10 heavy (non-hydrogen) atoms. The second-order valence-corrected chi connectivity index (χ2v) is 3.39. The summed E-state index contributed by atoms with van der Waals surface area (Å²) in [5.74, 6) is 0. The molecule has 1 aromatic rings. The van der Waals surface area contributed by atoms with Gasteiger partial charge in [-0.3, -0.25) is 0 Å². The molecule has 2 heteroatoms. The van der Waals surface area contributed by atoms with Crippen molar-refractivity contribution in [1.29, 1.82) is 0 Å². The van der Waals surface area contributed by atoms with Crippen LogP contribution in [0.2, 0.25) is 0 Å². The van der Waals surface area contributed by atoms with Gasteiger partial charge in [-0.2, -0.15) is 0 Å². The molecule has 0 bridgehead atoms. The lowest BCUT2D eigenvalue weighted by atomic mass is 10.1. The fourth-order valence-corrected chi connectivity index (χ4v) is 1.30. The van der Waals surface area contributed by atoms with Crippen LogP contribution in [-0.4, -0.2) is 0 Å². The van der Waals surface area contributed by atoms with Crippen LogP contribution in [0, 0.1) is 13.8 Å². The first-order chi connectivity index (χ1) is 4.61. The molecule has 0 aliphatic heterocycles. The molecule has 0 nitrogen and oxygen atoms in total. The van der Waals surface area contributed by atoms with E-state index in [4.69, 9.17) is 0 Å². The zero-order valence-electron chi connectivity index (χ0n) is 6.05. The van der Waals surface area contributed by atoms with Crippen molar-refractivity contribution in [2.75, 3.05) is 0 Å². The first kappa shape index (κ1) is 8.02. The number of hydrogen-bond donors (Lipinski definition) is 2. The lowest BCUT2D eigenvalue weighted by Gasteiger charge is -2.02. The predicted octanol–water partition coefficient (Wildman–Crippen LogP) is 2.88. The van der Waals surface area contributed by atoms with Gasteiger partial charge in [0.25, 0.3) is 0 Å². The van der Waals surface area contributed by atoms with E-state index in [1.165, 1.54) is 11.1 Å². The van der Waals surface area contributed by atoms with Gasteiger partial charge >= 0.3 is 0 Å². The Balaban J connectivity index is 3.28. The lowest BCUT2D eigenvalue weighted by Crippen LogP contribution is -1.81. The first-order valence-corrected chi connectivity index (χ1v) is 4.00. The number of aryl methyl sites for hydroxylation is 2. The van der Waals surface area contributed by atoms with Crippen molar-refractivity contribution < 1.29 is 0 Å². The summed E-state index contributed by atoms with van der Waals surface area (Å²) >= 11 is 8.48. The molecule has 1 aromatic carbocycles. The molecule has 0 aliphatic rings. The highest BCUT2D eigenvalue weighted by Gasteiger charge is 1.96. The first-order valence-electron chi connectivity index (χ1n) is 3.10. The Bertz CT molecular complexity index is 203. The molecule has 0 saturated carbocycles. The summed E-state index contributed by atoms with van der Waals surface area (Å²) in [5, 5.41) is 0. The van der Waals surface area contributed by atoms with Crippen LogP contribution in [0.5, 0.6) is 0 Å². The lowest BCUT2D eigenvalue weighted by molar-refractivity contribution is 1.18. The highest BCUT2D eigenvalue weighted by Crippen LogP contribution is 2.21. The van der Waals surface area contributed by atoms with Crippen molar-refractivity contribution in [2.45, 2.75) is 23.6 Å². The van der Waals surface area contributed by atoms with Gasteiger partial charge < -0.3 is 0 Å². The minimum absolute atomic E-state index is 0.950. The van der Waals surface area contributed by atoms with Gasteiger partial charge in [-0.05, 0) is 37.1 Å². The third kappa shape index (κ3) is 1.50. The molecule has 0 aliphatic carbocycles. The van der Waals surface area contributed by atoms with E-state index in [1.807, 2.05) is 12.1 Å². The van der Waals surface area contributed by atoms with E-state index in [1.54, 1.807) is 0 Å². The molecule has 0 aromatic heterocycles. The quantitative estimate of drug-likeness (QED) is 0.550. The Morgan fingerprint density at radius 1 is 0.900 bits per heavy atom. The van der Waals surface area contributed by atoms with E-state index >= 15 is 0 Å². The van der Waals surface area contributed by atoms with Gasteiger partial charge in [0.2, 0.25) is 0 Å². The van der Waals surface area contributed by atoms with Crippen molar-refractivity contribution >= 4 is 25.3 Å². The fourth-order valence-electron chi connectivity index (χ4n) is 0.786. The van der Waals surface area contributed by atoms with Crippen LogP contribution in [0.15, 0.2) is 21.9 Å². The third-order valence-electron chi connectivity index (χ3n) is 1.59. The second kappa shape index (κ2) is 2.89. The molecular weight excluding hydrogens is 160 g/mol. The number of thiol groups is 2. The normalized spacial score (nSPS) is 10.0. The largest absolute Gasteiger partial charge is 0.142 e. The molecule has 0 unspecified atom stereocenters. The van der Waals surface area contributed by atoms with Crippen molar-refractivity contribution in [3.63, 3.8) is 0 Å². The predicted molar refractivity (Wildman–Crippen MR) is 50.4 cm³/mol. The summed E-state index contributed by atoms with van der Waals surface area (Å²) in [7, 11) is 0. The Hall–Kier alpha value is -0.0800. The Morgan fingerprint density at radius 3 is 1.50 bits per heavy atom.